The van der Waals surface area contributed by atoms with Crippen LogP contribution in [0.3, 0.4) is 0 Å². The van der Waals surface area contributed by atoms with Gasteiger partial charge < -0.3 is 20.1 Å². The van der Waals surface area contributed by atoms with Gasteiger partial charge in [0, 0.05) is 50.7 Å². The molecule has 30 heavy (non-hydrogen) atoms. The van der Waals surface area contributed by atoms with Crippen molar-refractivity contribution in [3.8, 4) is 5.75 Å². The van der Waals surface area contributed by atoms with E-state index in [0.29, 0.717) is 18.7 Å². The fourth-order valence-electron chi connectivity index (χ4n) is 4.22. The zero-order valence-electron chi connectivity index (χ0n) is 18.7. The Labute approximate surface area is 186 Å². The number of rotatable bonds is 9. The van der Waals surface area contributed by atoms with Crippen LogP contribution >= 0.6 is 11.8 Å². The zero-order valence-corrected chi connectivity index (χ0v) is 19.5. The van der Waals surface area contributed by atoms with Gasteiger partial charge in [0.05, 0.1) is 0 Å². The molecule has 2 N–H and O–H groups in total. The fraction of sp³-hybridized carbons (Fsp3) is 0.696. The predicted octanol–water partition coefficient (Wildman–Crippen LogP) is 3.13. The van der Waals surface area contributed by atoms with Crippen molar-refractivity contribution < 1.29 is 9.47 Å². The number of guanidine groups is 1. The van der Waals surface area contributed by atoms with Crippen LogP contribution in [0.2, 0.25) is 0 Å². The number of likely N-dealkylation sites (N-methyl/N-ethyl adjacent to an activating group) is 1. The lowest BCUT2D eigenvalue weighted by Gasteiger charge is -2.31. The monoisotopic (exact) mass is 434 g/mol. The Bertz CT molecular complexity index is 666. The van der Waals surface area contributed by atoms with E-state index in [-0.39, 0.29) is 0 Å². The maximum Gasteiger partial charge on any atom is 0.191 e. The highest BCUT2D eigenvalue weighted by Crippen LogP contribution is 2.28. The Hall–Kier alpha value is -1.44. The van der Waals surface area contributed by atoms with Crippen molar-refractivity contribution in [3.63, 3.8) is 0 Å². The van der Waals surface area contributed by atoms with E-state index in [2.05, 4.69) is 52.0 Å². The van der Waals surface area contributed by atoms with Gasteiger partial charge >= 0.3 is 0 Å². The van der Waals surface area contributed by atoms with Crippen LogP contribution in [-0.4, -0.2) is 74.9 Å². The Morgan fingerprint density at radius 1 is 1.27 bits per heavy atom. The number of hydrogen-bond donors (Lipinski definition) is 2. The van der Waals surface area contributed by atoms with Crippen LogP contribution in [0.5, 0.6) is 5.75 Å². The first-order chi connectivity index (χ1) is 14.7. The smallest absolute Gasteiger partial charge is 0.191 e. The molecule has 1 aromatic carbocycles. The van der Waals surface area contributed by atoms with Gasteiger partial charge in [-0.25, -0.2) is 0 Å². The second-order valence-corrected chi connectivity index (χ2v) is 9.40. The highest BCUT2D eigenvalue weighted by atomic mass is 32.2. The number of nitrogens with one attached hydrogen (secondary N) is 2. The van der Waals surface area contributed by atoms with Gasteiger partial charge in [0.25, 0.3) is 0 Å². The number of aliphatic imine (C=N–C) groups is 1. The number of benzene rings is 1. The van der Waals surface area contributed by atoms with Crippen molar-refractivity contribution in [2.24, 2.45) is 4.99 Å². The molecule has 2 atom stereocenters. The molecule has 6 nitrogen and oxygen atoms in total. The van der Waals surface area contributed by atoms with Crippen LogP contribution in [0.1, 0.15) is 37.7 Å². The van der Waals surface area contributed by atoms with E-state index in [9.17, 15) is 0 Å². The summed E-state index contributed by atoms with van der Waals surface area (Å²) in [4.78, 5) is 6.79. The average Bonchev–Trinajstić information content (AvgIpc) is 3.25. The van der Waals surface area contributed by atoms with Gasteiger partial charge in [0.1, 0.15) is 12.4 Å². The second kappa shape index (κ2) is 12.4. The Morgan fingerprint density at radius 3 is 2.83 bits per heavy atom. The normalized spacial score (nSPS) is 23.0. The largest absolute Gasteiger partial charge is 0.492 e. The average molecular weight is 435 g/mol. The lowest BCUT2D eigenvalue weighted by molar-refractivity contribution is 0.0392. The third-order valence-electron chi connectivity index (χ3n) is 6.17. The molecule has 2 fully saturated rings. The van der Waals surface area contributed by atoms with Crippen molar-refractivity contribution in [2.45, 2.75) is 56.0 Å². The Balaban J connectivity index is 1.40. The van der Waals surface area contributed by atoms with Crippen LogP contribution in [0.4, 0.5) is 0 Å². The Kier molecular flexibility index (Phi) is 9.62. The fourth-order valence-corrected chi connectivity index (χ4v) is 5.02. The summed E-state index contributed by atoms with van der Waals surface area (Å²) in [5.74, 6) is 1.81. The molecule has 0 bridgehead atoms. The van der Waals surface area contributed by atoms with E-state index in [1.165, 1.54) is 24.8 Å². The number of ether oxygens (including phenoxy) is 2. The van der Waals surface area contributed by atoms with Gasteiger partial charge in [0.2, 0.25) is 0 Å². The van der Waals surface area contributed by atoms with Crippen LogP contribution in [0, 0.1) is 0 Å². The summed E-state index contributed by atoms with van der Waals surface area (Å²) in [6, 6.07) is 9.48. The lowest BCUT2D eigenvalue weighted by atomic mass is 10.1. The molecule has 2 unspecified atom stereocenters. The molecule has 1 aliphatic carbocycles. The molecule has 0 amide bonds. The molecule has 0 spiro atoms. The van der Waals surface area contributed by atoms with Crippen LogP contribution < -0.4 is 15.4 Å². The van der Waals surface area contributed by atoms with Crippen LogP contribution in [0.15, 0.2) is 29.3 Å². The van der Waals surface area contributed by atoms with E-state index in [4.69, 9.17) is 9.47 Å². The summed E-state index contributed by atoms with van der Waals surface area (Å²) in [6.45, 7) is 4.12. The Morgan fingerprint density at radius 2 is 2.10 bits per heavy atom. The first kappa shape index (κ1) is 23.2. The van der Waals surface area contributed by atoms with Crippen LogP contribution in [0.25, 0.3) is 0 Å². The second-order valence-electron chi connectivity index (χ2n) is 8.26. The summed E-state index contributed by atoms with van der Waals surface area (Å²) in [5, 5.41) is 7.80. The third kappa shape index (κ3) is 7.36. The van der Waals surface area contributed by atoms with Gasteiger partial charge in [0.15, 0.2) is 5.96 Å². The summed E-state index contributed by atoms with van der Waals surface area (Å²) in [5.41, 5.74) is 1.20. The standard InChI is InChI=1S/C23H38N4O2S/c1-24-23(26-19-7-8-22(16-19)30-3)25-17-18-5-4-6-21(15-18)29-14-11-27(2)20-9-12-28-13-10-20/h4-6,15,19-20,22H,7-14,16-17H2,1-3H3,(H2,24,25,26). The number of thioether (sulfide) groups is 1. The SMILES string of the molecule is CN=C(NCc1cccc(OCCN(C)C2CCOCC2)c1)NC1CCC(SC)C1. The molecule has 1 saturated heterocycles. The van der Waals surface area contributed by atoms with Gasteiger partial charge in [-0.1, -0.05) is 12.1 Å². The van der Waals surface area contributed by atoms with E-state index < -0.39 is 0 Å². The van der Waals surface area contributed by atoms with E-state index in [0.717, 1.165) is 56.1 Å². The minimum Gasteiger partial charge on any atom is -0.492 e. The molecular formula is C23H38N4O2S. The highest BCUT2D eigenvalue weighted by Gasteiger charge is 2.24. The molecule has 0 aromatic heterocycles. The minimum absolute atomic E-state index is 0.524. The minimum atomic E-state index is 0.524. The van der Waals surface area contributed by atoms with Gasteiger partial charge in [-0.05, 0) is 63.1 Å². The maximum atomic E-state index is 6.02. The molecule has 1 aromatic rings. The molecule has 168 valence electrons. The highest BCUT2D eigenvalue weighted by molar-refractivity contribution is 7.99. The van der Waals surface area contributed by atoms with E-state index >= 15 is 0 Å². The number of hydrogen-bond acceptors (Lipinski definition) is 5. The summed E-state index contributed by atoms with van der Waals surface area (Å²) < 4.78 is 11.5. The molecule has 3 rings (SSSR count). The summed E-state index contributed by atoms with van der Waals surface area (Å²) in [7, 11) is 4.02. The first-order valence-electron chi connectivity index (χ1n) is 11.2. The number of nitrogens with zero attached hydrogens (tertiary/aromatic N) is 2. The molecule has 0 radical (unpaired) electrons. The summed E-state index contributed by atoms with van der Waals surface area (Å²) >= 11 is 1.98. The van der Waals surface area contributed by atoms with Gasteiger partial charge in [-0.2, -0.15) is 11.8 Å². The molecule has 1 aliphatic heterocycles. The molecular weight excluding hydrogens is 396 g/mol. The van der Waals surface area contributed by atoms with Crippen LogP contribution in [-0.2, 0) is 11.3 Å². The van der Waals surface area contributed by atoms with Crippen molar-refractivity contribution in [2.75, 3.05) is 46.7 Å². The van der Waals surface area contributed by atoms with Crippen molar-refractivity contribution in [1.29, 1.82) is 0 Å². The topological polar surface area (TPSA) is 58.1 Å². The third-order valence-corrected chi connectivity index (χ3v) is 7.26. The summed E-state index contributed by atoms with van der Waals surface area (Å²) in [6.07, 6.45) is 8.17. The van der Waals surface area contributed by atoms with Crippen molar-refractivity contribution >= 4 is 17.7 Å². The predicted molar refractivity (Wildman–Crippen MR) is 127 cm³/mol. The van der Waals surface area contributed by atoms with Crippen molar-refractivity contribution in [1.82, 2.24) is 15.5 Å². The van der Waals surface area contributed by atoms with E-state index in [1.54, 1.807) is 0 Å². The van der Waals surface area contributed by atoms with Crippen molar-refractivity contribution in [3.05, 3.63) is 29.8 Å². The maximum absolute atomic E-state index is 6.02. The molecule has 1 heterocycles. The van der Waals surface area contributed by atoms with E-state index in [1.807, 2.05) is 24.9 Å². The molecule has 1 saturated carbocycles. The van der Waals surface area contributed by atoms with Gasteiger partial charge in [-0.15, -0.1) is 0 Å². The first-order valence-corrected chi connectivity index (χ1v) is 12.5. The zero-order chi connectivity index (χ0) is 21.2. The molecule has 7 heteroatoms. The quantitative estimate of drug-likeness (QED) is 0.460. The lowest BCUT2D eigenvalue weighted by Crippen LogP contribution is -2.42. The van der Waals surface area contributed by atoms with Gasteiger partial charge in [-0.3, -0.25) is 9.89 Å². The molecule has 2 aliphatic rings.